The first-order valence-corrected chi connectivity index (χ1v) is 6.59. The third-order valence-electron chi connectivity index (χ3n) is 3.25. The van der Waals surface area contributed by atoms with Crippen molar-refractivity contribution < 1.29 is 14.3 Å². The molecule has 1 fully saturated rings. The molecule has 1 aromatic rings. The molecule has 1 unspecified atom stereocenters. The van der Waals surface area contributed by atoms with Crippen molar-refractivity contribution in [2.75, 3.05) is 25.5 Å². The Hall–Kier alpha value is -2.02. The van der Waals surface area contributed by atoms with Crippen LogP contribution < -0.4 is 5.32 Å². The molecule has 0 saturated carbocycles. The lowest BCUT2D eigenvalue weighted by Gasteiger charge is -2.32. The molecule has 1 aromatic heterocycles. The Bertz CT molecular complexity index is 466. The molecule has 1 aliphatic heterocycles. The van der Waals surface area contributed by atoms with Crippen molar-refractivity contribution >= 4 is 17.8 Å². The van der Waals surface area contributed by atoms with E-state index in [4.69, 9.17) is 4.74 Å². The fraction of sp³-hybridized carbons (Fsp3) is 0.538. The van der Waals surface area contributed by atoms with Crippen molar-refractivity contribution in [3.63, 3.8) is 0 Å². The van der Waals surface area contributed by atoms with Crippen LogP contribution >= 0.6 is 0 Å². The largest absolute Gasteiger partial charge is 0.468 e. The van der Waals surface area contributed by atoms with Crippen molar-refractivity contribution in [1.82, 2.24) is 14.9 Å². The fourth-order valence-corrected chi connectivity index (χ4v) is 2.30. The van der Waals surface area contributed by atoms with Crippen LogP contribution in [0.4, 0.5) is 5.95 Å². The minimum atomic E-state index is -0.337. The van der Waals surface area contributed by atoms with Gasteiger partial charge in [0.25, 0.3) is 0 Å². The number of piperidine rings is 1. The summed E-state index contributed by atoms with van der Waals surface area (Å²) in [6, 6.07) is 1.34. The van der Waals surface area contributed by atoms with E-state index in [0.717, 1.165) is 19.3 Å². The number of carbonyl (C=O) groups is 2. The van der Waals surface area contributed by atoms with E-state index in [1.54, 1.807) is 18.5 Å². The number of nitrogens with one attached hydrogen (secondary N) is 1. The molecule has 7 nitrogen and oxygen atoms in total. The van der Waals surface area contributed by atoms with Gasteiger partial charge in [0.1, 0.15) is 6.04 Å². The van der Waals surface area contributed by atoms with E-state index < -0.39 is 0 Å². The maximum atomic E-state index is 12.0. The van der Waals surface area contributed by atoms with Crippen molar-refractivity contribution in [2.24, 2.45) is 0 Å². The molecule has 1 atom stereocenters. The van der Waals surface area contributed by atoms with E-state index in [9.17, 15) is 9.59 Å². The maximum Gasteiger partial charge on any atom is 0.323 e. The van der Waals surface area contributed by atoms with Gasteiger partial charge in [0.05, 0.1) is 13.7 Å². The number of esters is 1. The van der Waals surface area contributed by atoms with E-state index in [-0.39, 0.29) is 30.4 Å². The Morgan fingerprint density at radius 2 is 2.15 bits per heavy atom. The van der Waals surface area contributed by atoms with Gasteiger partial charge in [0.2, 0.25) is 11.9 Å². The van der Waals surface area contributed by atoms with Gasteiger partial charge >= 0.3 is 5.97 Å². The highest BCUT2D eigenvalue weighted by atomic mass is 16.5. The summed E-state index contributed by atoms with van der Waals surface area (Å²) in [5, 5.41) is 2.61. The summed E-state index contributed by atoms with van der Waals surface area (Å²) >= 11 is 0. The summed E-state index contributed by atoms with van der Waals surface area (Å²) in [6.07, 6.45) is 5.78. The van der Waals surface area contributed by atoms with Crippen LogP contribution in [0, 0.1) is 0 Å². The van der Waals surface area contributed by atoms with Crippen LogP contribution in [0.15, 0.2) is 18.5 Å². The Labute approximate surface area is 117 Å². The van der Waals surface area contributed by atoms with Crippen molar-refractivity contribution in [1.29, 1.82) is 0 Å². The highest BCUT2D eigenvalue weighted by Crippen LogP contribution is 2.17. The van der Waals surface area contributed by atoms with Gasteiger partial charge in [-0.2, -0.15) is 0 Å². The van der Waals surface area contributed by atoms with E-state index in [1.807, 2.05) is 4.90 Å². The number of methoxy groups -OCH3 is 1. The maximum absolute atomic E-state index is 12.0. The first kappa shape index (κ1) is 14.4. The number of aromatic nitrogens is 2. The van der Waals surface area contributed by atoms with Crippen LogP contribution in [0.5, 0.6) is 0 Å². The van der Waals surface area contributed by atoms with Crippen LogP contribution in [-0.2, 0) is 14.3 Å². The van der Waals surface area contributed by atoms with Crippen LogP contribution in [0.2, 0.25) is 0 Å². The molecule has 0 radical (unpaired) electrons. The van der Waals surface area contributed by atoms with E-state index in [1.165, 1.54) is 7.11 Å². The quantitative estimate of drug-likeness (QED) is 0.805. The van der Waals surface area contributed by atoms with E-state index in [2.05, 4.69) is 15.3 Å². The molecule has 0 aromatic carbocycles. The summed E-state index contributed by atoms with van der Waals surface area (Å²) in [6.45, 7) is 0.848. The van der Waals surface area contributed by atoms with Gasteiger partial charge < -0.3 is 4.74 Å². The van der Waals surface area contributed by atoms with Crippen LogP contribution in [0.3, 0.4) is 0 Å². The van der Waals surface area contributed by atoms with E-state index in [0.29, 0.717) is 6.54 Å². The number of hydrogen-bond acceptors (Lipinski definition) is 6. The molecule has 0 bridgehead atoms. The van der Waals surface area contributed by atoms with Crippen LogP contribution in [-0.4, -0.2) is 53.0 Å². The molecule has 1 aliphatic rings. The molecule has 1 saturated heterocycles. The molecule has 2 heterocycles. The number of carbonyl (C=O) groups excluding carboxylic acids is 2. The monoisotopic (exact) mass is 278 g/mol. The lowest BCUT2D eigenvalue weighted by atomic mass is 10.0. The average molecular weight is 278 g/mol. The highest BCUT2D eigenvalue weighted by molar-refractivity contribution is 5.91. The molecular weight excluding hydrogens is 260 g/mol. The standard InChI is InChI=1S/C13H18N4O3/c1-20-12(19)10-5-2-3-8-17(10)9-11(18)16-13-14-6-4-7-15-13/h4,6-7,10H,2-3,5,8-9H2,1H3,(H,14,15,16,18). The summed E-state index contributed by atoms with van der Waals surface area (Å²) in [5.74, 6) is -0.246. The van der Waals surface area contributed by atoms with Gasteiger partial charge in [0, 0.05) is 12.4 Å². The second-order valence-corrected chi connectivity index (χ2v) is 4.63. The van der Waals surface area contributed by atoms with Gasteiger partial charge in [-0.3, -0.25) is 19.8 Å². The molecule has 20 heavy (non-hydrogen) atoms. The minimum Gasteiger partial charge on any atom is -0.468 e. The molecule has 7 heteroatoms. The fourth-order valence-electron chi connectivity index (χ4n) is 2.30. The number of amides is 1. The zero-order chi connectivity index (χ0) is 14.4. The number of anilines is 1. The van der Waals surface area contributed by atoms with Crippen LogP contribution in [0.25, 0.3) is 0 Å². The molecule has 0 aliphatic carbocycles. The smallest absolute Gasteiger partial charge is 0.323 e. The zero-order valence-corrected chi connectivity index (χ0v) is 11.4. The van der Waals surface area contributed by atoms with Crippen LogP contribution in [0.1, 0.15) is 19.3 Å². The average Bonchev–Trinajstić information content (AvgIpc) is 2.48. The number of nitrogens with zero attached hydrogens (tertiary/aromatic N) is 3. The number of hydrogen-bond donors (Lipinski definition) is 1. The summed E-state index contributed by atoms with van der Waals surface area (Å²) in [5.41, 5.74) is 0. The highest BCUT2D eigenvalue weighted by Gasteiger charge is 2.30. The Morgan fingerprint density at radius 1 is 1.40 bits per heavy atom. The molecule has 1 N–H and O–H groups in total. The summed E-state index contributed by atoms with van der Waals surface area (Å²) < 4.78 is 4.78. The van der Waals surface area contributed by atoms with Gasteiger partial charge in [0.15, 0.2) is 0 Å². The Balaban J connectivity index is 1.93. The summed E-state index contributed by atoms with van der Waals surface area (Å²) in [7, 11) is 1.37. The third kappa shape index (κ3) is 3.74. The lowest BCUT2D eigenvalue weighted by Crippen LogP contribution is -2.48. The normalized spacial score (nSPS) is 19.4. The van der Waals surface area contributed by atoms with Crippen molar-refractivity contribution in [3.8, 4) is 0 Å². The Kier molecular flexibility index (Phi) is 5.00. The second-order valence-electron chi connectivity index (χ2n) is 4.63. The summed E-state index contributed by atoms with van der Waals surface area (Å²) in [4.78, 5) is 33.3. The van der Waals surface area contributed by atoms with Gasteiger partial charge in [-0.25, -0.2) is 9.97 Å². The molecule has 0 spiro atoms. The Morgan fingerprint density at radius 3 is 2.85 bits per heavy atom. The van der Waals surface area contributed by atoms with Crippen molar-refractivity contribution in [2.45, 2.75) is 25.3 Å². The predicted molar refractivity (Wildman–Crippen MR) is 71.9 cm³/mol. The minimum absolute atomic E-state index is 0.137. The van der Waals surface area contributed by atoms with Gasteiger partial charge in [-0.15, -0.1) is 0 Å². The third-order valence-corrected chi connectivity index (χ3v) is 3.25. The molecule has 1 amide bonds. The SMILES string of the molecule is COC(=O)C1CCCCN1CC(=O)Nc1ncccn1. The molecular formula is C13H18N4O3. The first-order valence-electron chi connectivity index (χ1n) is 6.59. The van der Waals surface area contributed by atoms with Crippen molar-refractivity contribution in [3.05, 3.63) is 18.5 Å². The number of ether oxygens (including phenoxy) is 1. The predicted octanol–water partition coefficient (Wildman–Crippen LogP) is 0.443. The number of likely N-dealkylation sites (tertiary alicyclic amines) is 1. The zero-order valence-electron chi connectivity index (χ0n) is 11.4. The topological polar surface area (TPSA) is 84.4 Å². The molecule has 2 rings (SSSR count). The van der Waals surface area contributed by atoms with Gasteiger partial charge in [-0.05, 0) is 25.5 Å². The first-order chi connectivity index (χ1) is 9.70. The van der Waals surface area contributed by atoms with Gasteiger partial charge in [-0.1, -0.05) is 6.42 Å². The molecule has 108 valence electrons. The van der Waals surface area contributed by atoms with E-state index >= 15 is 0 Å². The number of rotatable bonds is 4. The lowest BCUT2D eigenvalue weighted by molar-refractivity contribution is -0.148. The second kappa shape index (κ2) is 6.95.